The van der Waals surface area contributed by atoms with Crippen LogP contribution in [0.2, 0.25) is 0 Å². The molecule has 1 unspecified atom stereocenters. The summed E-state index contributed by atoms with van der Waals surface area (Å²) in [6.07, 6.45) is 0. The lowest BCUT2D eigenvalue weighted by Crippen LogP contribution is -2.38. The van der Waals surface area contributed by atoms with Crippen LogP contribution in [0.4, 0.5) is 0 Å². The first-order chi connectivity index (χ1) is 11.8. The Morgan fingerprint density at radius 3 is 2.60 bits per heavy atom. The fourth-order valence-electron chi connectivity index (χ4n) is 2.48. The monoisotopic (exact) mass is 362 g/mol. The average molecular weight is 362 g/mol. The molecule has 0 aliphatic rings. The third-order valence-electron chi connectivity index (χ3n) is 4.41. The van der Waals surface area contributed by atoms with Crippen molar-refractivity contribution in [3.63, 3.8) is 0 Å². The van der Waals surface area contributed by atoms with Crippen LogP contribution in [-0.4, -0.2) is 29.1 Å². The van der Waals surface area contributed by atoms with Gasteiger partial charge >= 0.3 is 5.97 Å². The van der Waals surface area contributed by atoms with Crippen molar-refractivity contribution in [3.05, 3.63) is 45.4 Å². The Labute approximate surface area is 153 Å². The van der Waals surface area contributed by atoms with E-state index in [9.17, 15) is 9.59 Å². The van der Waals surface area contributed by atoms with Crippen molar-refractivity contribution < 1.29 is 14.3 Å². The van der Waals surface area contributed by atoms with E-state index in [-0.39, 0.29) is 18.6 Å². The molecule has 0 spiro atoms. The van der Waals surface area contributed by atoms with Gasteiger partial charge in [-0.1, -0.05) is 19.9 Å². The van der Waals surface area contributed by atoms with Crippen molar-refractivity contribution in [3.8, 4) is 0 Å². The standard InChI is InChI=1S/C19H26N2O3S/c1-12(2)14(4)20-18(22)11-24-19(23)17-9-13(3)21(15(17)5)10-16-7-6-8-25-16/h6-9,12,14H,10-11H2,1-5H3,(H,20,22). The molecule has 136 valence electrons. The largest absolute Gasteiger partial charge is 0.452 e. The van der Waals surface area contributed by atoms with Gasteiger partial charge in [-0.2, -0.15) is 0 Å². The molecule has 0 aliphatic carbocycles. The highest BCUT2D eigenvalue weighted by atomic mass is 32.1. The second-order valence-corrected chi connectivity index (χ2v) is 7.66. The molecule has 1 amide bonds. The molecule has 0 saturated carbocycles. The molecule has 0 aromatic carbocycles. The molecular weight excluding hydrogens is 336 g/mol. The number of hydrogen-bond acceptors (Lipinski definition) is 4. The summed E-state index contributed by atoms with van der Waals surface area (Å²) >= 11 is 1.68. The first-order valence-electron chi connectivity index (χ1n) is 8.45. The highest BCUT2D eigenvalue weighted by molar-refractivity contribution is 7.09. The van der Waals surface area contributed by atoms with Crippen LogP contribution in [-0.2, 0) is 16.1 Å². The van der Waals surface area contributed by atoms with E-state index >= 15 is 0 Å². The minimum Gasteiger partial charge on any atom is -0.452 e. The number of esters is 1. The summed E-state index contributed by atoms with van der Waals surface area (Å²) in [7, 11) is 0. The molecule has 0 bridgehead atoms. The summed E-state index contributed by atoms with van der Waals surface area (Å²) in [5.74, 6) is -0.407. The van der Waals surface area contributed by atoms with Gasteiger partial charge < -0.3 is 14.6 Å². The number of hydrogen-bond donors (Lipinski definition) is 1. The number of amides is 1. The Morgan fingerprint density at radius 1 is 1.28 bits per heavy atom. The lowest BCUT2D eigenvalue weighted by molar-refractivity contribution is -0.125. The zero-order valence-electron chi connectivity index (χ0n) is 15.5. The fourth-order valence-corrected chi connectivity index (χ4v) is 3.17. The highest BCUT2D eigenvalue weighted by Crippen LogP contribution is 2.20. The van der Waals surface area contributed by atoms with Crippen LogP contribution in [0.1, 0.15) is 47.4 Å². The Balaban J connectivity index is 1.99. The summed E-state index contributed by atoms with van der Waals surface area (Å²) in [5.41, 5.74) is 2.36. The van der Waals surface area contributed by atoms with E-state index in [1.165, 1.54) is 4.88 Å². The predicted molar refractivity (Wildman–Crippen MR) is 100 cm³/mol. The van der Waals surface area contributed by atoms with Crippen LogP contribution in [0.5, 0.6) is 0 Å². The van der Waals surface area contributed by atoms with E-state index in [4.69, 9.17) is 4.74 Å². The second kappa shape index (κ2) is 8.34. The zero-order chi connectivity index (χ0) is 18.6. The third-order valence-corrected chi connectivity index (χ3v) is 5.27. The molecule has 2 aromatic rings. The summed E-state index contributed by atoms with van der Waals surface area (Å²) < 4.78 is 7.28. The van der Waals surface area contributed by atoms with E-state index in [0.29, 0.717) is 11.5 Å². The van der Waals surface area contributed by atoms with Crippen molar-refractivity contribution in [1.82, 2.24) is 9.88 Å². The van der Waals surface area contributed by atoms with E-state index < -0.39 is 5.97 Å². The van der Waals surface area contributed by atoms with Gasteiger partial charge in [-0.25, -0.2) is 4.79 Å². The quantitative estimate of drug-likeness (QED) is 0.767. The maximum Gasteiger partial charge on any atom is 0.340 e. The Morgan fingerprint density at radius 2 is 2.00 bits per heavy atom. The summed E-state index contributed by atoms with van der Waals surface area (Å²) in [5, 5.41) is 4.86. The first kappa shape index (κ1) is 19.2. The molecule has 1 N–H and O–H groups in total. The van der Waals surface area contributed by atoms with Crippen LogP contribution in [0.25, 0.3) is 0 Å². The molecule has 2 rings (SSSR count). The van der Waals surface area contributed by atoms with Crippen LogP contribution < -0.4 is 5.32 Å². The Bertz CT molecular complexity index is 732. The zero-order valence-corrected chi connectivity index (χ0v) is 16.3. The van der Waals surface area contributed by atoms with E-state index in [2.05, 4.69) is 16.0 Å². The number of thiophene rings is 1. The van der Waals surface area contributed by atoms with E-state index in [1.54, 1.807) is 11.3 Å². The van der Waals surface area contributed by atoms with Gasteiger partial charge in [-0.15, -0.1) is 11.3 Å². The molecule has 0 fully saturated rings. The van der Waals surface area contributed by atoms with Gasteiger partial charge in [0.15, 0.2) is 6.61 Å². The molecule has 0 saturated heterocycles. The lowest BCUT2D eigenvalue weighted by Gasteiger charge is -2.17. The predicted octanol–water partition coefficient (Wildman–Crippen LogP) is 3.53. The lowest BCUT2D eigenvalue weighted by atomic mass is 10.1. The number of nitrogens with one attached hydrogen (secondary N) is 1. The summed E-state index contributed by atoms with van der Waals surface area (Å²) in [4.78, 5) is 25.4. The van der Waals surface area contributed by atoms with Crippen molar-refractivity contribution in [2.45, 2.75) is 47.2 Å². The second-order valence-electron chi connectivity index (χ2n) is 6.63. The number of carbonyl (C=O) groups excluding carboxylic acids is 2. The summed E-state index contributed by atoms with van der Waals surface area (Å²) in [6, 6.07) is 5.95. The van der Waals surface area contributed by atoms with Gasteiger partial charge in [-0.3, -0.25) is 4.79 Å². The minimum absolute atomic E-state index is 0.0436. The Hall–Kier alpha value is -2.08. The Kier molecular flexibility index (Phi) is 6.42. The number of aryl methyl sites for hydroxylation is 1. The third kappa shape index (κ3) is 4.95. The molecule has 0 aliphatic heterocycles. The average Bonchev–Trinajstić information content (AvgIpc) is 3.16. The highest BCUT2D eigenvalue weighted by Gasteiger charge is 2.19. The van der Waals surface area contributed by atoms with Crippen LogP contribution >= 0.6 is 11.3 Å². The first-order valence-corrected chi connectivity index (χ1v) is 9.33. The fraction of sp³-hybridized carbons (Fsp3) is 0.474. The van der Waals surface area contributed by atoms with Gasteiger partial charge in [0.2, 0.25) is 0 Å². The van der Waals surface area contributed by atoms with Crippen LogP contribution in [0.15, 0.2) is 23.6 Å². The van der Waals surface area contributed by atoms with Gasteiger partial charge in [0.05, 0.1) is 12.1 Å². The molecule has 6 heteroatoms. The minimum atomic E-state index is -0.460. The van der Waals surface area contributed by atoms with Crippen LogP contribution in [0, 0.1) is 19.8 Å². The summed E-state index contributed by atoms with van der Waals surface area (Å²) in [6.45, 7) is 10.3. The van der Waals surface area contributed by atoms with Crippen molar-refractivity contribution in [2.24, 2.45) is 5.92 Å². The topological polar surface area (TPSA) is 60.3 Å². The van der Waals surface area contributed by atoms with Crippen LogP contribution in [0.3, 0.4) is 0 Å². The van der Waals surface area contributed by atoms with Gasteiger partial charge in [0.25, 0.3) is 5.91 Å². The van der Waals surface area contributed by atoms with Gasteiger partial charge in [0.1, 0.15) is 0 Å². The molecule has 2 heterocycles. The molecule has 2 aromatic heterocycles. The molecule has 5 nitrogen and oxygen atoms in total. The SMILES string of the molecule is Cc1cc(C(=O)OCC(=O)NC(C)C(C)C)c(C)n1Cc1cccs1. The number of nitrogens with zero attached hydrogens (tertiary/aromatic N) is 1. The van der Waals surface area contributed by atoms with E-state index in [0.717, 1.165) is 17.9 Å². The molecule has 1 atom stereocenters. The maximum absolute atomic E-state index is 12.3. The van der Waals surface area contributed by atoms with E-state index in [1.807, 2.05) is 52.1 Å². The normalized spacial score (nSPS) is 12.2. The number of carbonyl (C=O) groups is 2. The van der Waals surface area contributed by atoms with Crippen molar-refractivity contribution in [1.29, 1.82) is 0 Å². The van der Waals surface area contributed by atoms with Gasteiger partial charge in [0, 0.05) is 22.3 Å². The van der Waals surface area contributed by atoms with Crippen molar-refractivity contribution >= 4 is 23.2 Å². The number of aromatic nitrogens is 1. The van der Waals surface area contributed by atoms with Crippen molar-refractivity contribution in [2.75, 3.05) is 6.61 Å². The number of ether oxygens (including phenoxy) is 1. The number of rotatable bonds is 7. The molecule has 0 radical (unpaired) electrons. The maximum atomic E-state index is 12.3. The molecular formula is C19H26N2O3S. The van der Waals surface area contributed by atoms with Gasteiger partial charge in [-0.05, 0) is 44.2 Å². The smallest absolute Gasteiger partial charge is 0.340 e. The molecule has 25 heavy (non-hydrogen) atoms.